The predicted molar refractivity (Wildman–Crippen MR) is 96.3 cm³/mol. The number of amides is 1. The Balaban J connectivity index is 1.81. The summed E-state index contributed by atoms with van der Waals surface area (Å²) in [5, 5.41) is 0. The summed E-state index contributed by atoms with van der Waals surface area (Å²) >= 11 is 0. The first kappa shape index (κ1) is 17.6. The van der Waals surface area contributed by atoms with Gasteiger partial charge < -0.3 is 14.3 Å². The molecule has 26 heavy (non-hydrogen) atoms. The van der Waals surface area contributed by atoms with Gasteiger partial charge in [0.15, 0.2) is 5.82 Å². The number of nitrogens with one attached hydrogen (secondary N) is 1. The Kier molecular flexibility index (Phi) is 5.26. The second-order valence-corrected chi connectivity index (χ2v) is 5.86. The van der Waals surface area contributed by atoms with Crippen molar-refractivity contribution in [3.8, 4) is 11.5 Å². The zero-order chi connectivity index (χ0) is 18.5. The molecule has 0 fully saturated rings. The first-order chi connectivity index (χ1) is 12.6. The van der Waals surface area contributed by atoms with Gasteiger partial charge in [-0.2, -0.15) is 0 Å². The summed E-state index contributed by atoms with van der Waals surface area (Å²) in [6.45, 7) is 4.52. The van der Waals surface area contributed by atoms with E-state index in [2.05, 4.69) is 15.0 Å². The number of pyridine rings is 1. The molecule has 0 unspecified atom stereocenters. The van der Waals surface area contributed by atoms with Crippen LogP contribution in [0.1, 0.15) is 23.9 Å². The molecule has 7 nitrogen and oxygen atoms in total. The standard InChI is InChI=1S/C19H20N4O3/c1-3-23(12-14-7-6-10-26-14)17(24)11-15-13(2)21-18(22-19(15)25)16-8-4-5-9-20-16/h4-10H,3,11-12H2,1-2H3,(H,21,22,25). The van der Waals surface area contributed by atoms with Crippen LogP contribution in [0.25, 0.3) is 11.5 Å². The van der Waals surface area contributed by atoms with Gasteiger partial charge >= 0.3 is 0 Å². The van der Waals surface area contributed by atoms with Gasteiger partial charge in [-0.15, -0.1) is 0 Å². The fraction of sp³-hybridized carbons (Fsp3) is 0.263. The molecule has 0 bridgehead atoms. The van der Waals surface area contributed by atoms with Gasteiger partial charge in [-0.3, -0.25) is 14.6 Å². The van der Waals surface area contributed by atoms with Crippen LogP contribution in [-0.4, -0.2) is 32.3 Å². The minimum absolute atomic E-state index is 0.00872. The number of hydrogen-bond acceptors (Lipinski definition) is 5. The number of rotatable bonds is 6. The molecular weight excluding hydrogens is 332 g/mol. The van der Waals surface area contributed by atoms with E-state index in [1.807, 2.05) is 19.1 Å². The lowest BCUT2D eigenvalue weighted by Gasteiger charge is -2.20. The molecule has 0 saturated heterocycles. The number of aromatic nitrogens is 3. The van der Waals surface area contributed by atoms with Crippen LogP contribution in [0, 0.1) is 6.92 Å². The Morgan fingerprint density at radius 2 is 2.12 bits per heavy atom. The van der Waals surface area contributed by atoms with Crippen LogP contribution in [0.3, 0.4) is 0 Å². The van der Waals surface area contributed by atoms with Crippen molar-refractivity contribution in [2.75, 3.05) is 6.54 Å². The van der Waals surface area contributed by atoms with Gasteiger partial charge in [-0.25, -0.2) is 4.98 Å². The van der Waals surface area contributed by atoms with Crippen molar-refractivity contribution in [3.05, 3.63) is 70.2 Å². The number of carbonyl (C=O) groups excluding carboxylic acids is 1. The Bertz CT molecular complexity index is 933. The minimum atomic E-state index is -0.319. The first-order valence-electron chi connectivity index (χ1n) is 8.39. The molecule has 0 aliphatic rings. The Labute approximate surface area is 150 Å². The summed E-state index contributed by atoms with van der Waals surface area (Å²) in [6, 6.07) is 8.98. The lowest BCUT2D eigenvalue weighted by Crippen LogP contribution is -2.33. The maximum Gasteiger partial charge on any atom is 0.255 e. The van der Waals surface area contributed by atoms with Crippen molar-refractivity contribution in [1.29, 1.82) is 0 Å². The molecule has 0 saturated carbocycles. The number of aromatic amines is 1. The molecular formula is C19H20N4O3. The highest BCUT2D eigenvalue weighted by atomic mass is 16.3. The molecule has 3 aromatic heterocycles. The van der Waals surface area contributed by atoms with Gasteiger partial charge in [0.25, 0.3) is 5.56 Å². The van der Waals surface area contributed by atoms with E-state index in [9.17, 15) is 9.59 Å². The van der Waals surface area contributed by atoms with Gasteiger partial charge in [0, 0.05) is 24.0 Å². The summed E-state index contributed by atoms with van der Waals surface area (Å²) in [7, 11) is 0. The molecule has 0 radical (unpaired) electrons. The summed E-state index contributed by atoms with van der Waals surface area (Å²) < 4.78 is 5.30. The van der Waals surface area contributed by atoms with E-state index in [1.54, 1.807) is 42.5 Å². The van der Waals surface area contributed by atoms with Crippen LogP contribution in [0.5, 0.6) is 0 Å². The molecule has 0 aliphatic heterocycles. The largest absolute Gasteiger partial charge is 0.467 e. The van der Waals surface area contributed by atoms with Crippen LogP contribution in [0.4, 0.5) is 0 Å². The predicted octanol–water partition coefficient (Wildman–Crippen LogP) is 2.32. The molecule has 3 rings (SSSR count). The summed E-state index contributed by atoms with van der Waals surface area (Å²) in [4.78, 5) is 38.1. The lowest BCUT2D eigenvalue weighted by atomic mass is 10.1. The lowest BCUT2D eigenvalue weighted by molar-refractivity contribution is -0.131. The van der Waals surface area contributed by atoms with Gasteiger partial charge in [-0.1, -0.05) is 6.07 Å². The third-order valence-electron chi connectivity index (χ3n) is 4.12. The molecule has 7 heteroatoms. The fourth-order valence-electron chi connectivity index (χ4n) is 2.67. The van der Waals surface area contributed by atoms with E-state index in [-0.39, 0.29) is 17.9 Å². The average molecular weight is 352 g/mol. The van der Waals surface area contributed by atoms with Crippen molar-refractivity contribution in [2.24, 2.45) is 0 Å². The second kappa shape index (κ2) is 7.77. The number of furan rings is 1. The van der Waals surface area contributed by atoms with E-state index >= 15 is 0 Å². The van der Waals surface area contributed by atoms with Crippen molar-refractivity contribution in [2.45, 2.75) is 26.8 Å². The molecule has 0 spiro atoms. The Hall–Kier alpha value is -3.22. The van der Waals surface area contributed by atoms with Crippen molar-refractivity contribution < 1.29 is 9.21 Å². The Morgan fingerprint density at radius 3 is 2.73 bits per heavy atom. The number of hydrogen-bond donors (Lipinski definition) is 1. The second-order valence-electron chi connectivity index (χ2n) is 5.86. The molecule has 1 N–H and O–H groups in total. The van der Waals surface area contributed by atoms with Crippen LogP contribution in [0.2, 0.25) is 0 Å². The highest BCUT2D eigenvalue weighted by molar-refractivity contribution is 5.79. The summed E-state index contributed by atoms with van der Waals surface area (Å²) in [5.41, 5.74) is 1.16. The van der Waals surface area contributed by atoms with E-state index in [4.69, 9.17) is 4.42 Å². The van der Waals surface area contributed by atoms with Gasteiger partial charge in [-0.05, 0) is 38.1 Å². The molecule has 0 atom stereocenters. The number of H-pyrrole nitrogens is 1. The summed E-state index contributed by atoms with van der Waals surface area (Å²) in [6.07, 6.45) is 3.20. The third-order valence-corrected chi connectivity index (χ3v) is 4.12. The SMILES string of the molecule is CCN(Cc1ccco1)C(=O)Cc1c(C)nc(-c2ccccn2)[nH]c1=O. The number of nitrogens with zero attached hydrogens (tertiary/aromatic N) is 3. The molecule has 3 aromatic rings. The van der Waals surface area contributed by atoms with Gasteiger partial charge in [0.2, 0.25) is 5.91 Å². The van der Waals surface area contributed by atoms with Crippen molar-refractivity contribution >= 4 is 5.91 Å². The first-order valence-corrected chi connectivity index (χ1v) is 8.39. The summed E-state index contributed by atoms with van der Waals surface area (Å²) in [5.74, 6) is 0.951. The quantitative estimate of drug-likeness (QED) is 0.735. The molecule has 1 amide bonds. The number of carbonyl (C=O) groups is 1. The van der Waals surface area contributed by atoms with Crippen LogP contribution in [-0.2, 0) is 17.8 Å². The highest BCUT2D eigenvalue weighted by Crippen LogP contribution is 2.12. The maximum absolute atomic E-state index is 12.6. The number of aryl methyl sites for hydroxylation is 1. The fourth-order valence-corrected chi connectivity index (χ4v) is 2.67. The number of likely N-dealkylation sites (N-methyl/N-ethyl adjacent to an activating group) is 1. The molecule has 134 valence electrons. The van der Waals surface area contributed by atoms with Gasteiger partial charge in [0.1, 0.15) is 11.5 Å². The zero-order valence-corrected chi connectivity index (χ0v) is 14.7. The smallest absolute Gasteiger partial charge is 0.255 e. The van der Waals surface area contributed by atoms with Crippen molar-refractivity contribution in [3.63, 3.8) is 0 Å². The van der Waals surface area contributed by atoms with E-state index in [0.29, 0.717) is 41.6 Å². The Morgan fingerprint density at radius 1 is 1.27 bits per heavy atom. The van der Waals surface area contributed by atoms with E-state index in [1.165, 1.54) is 0 Å². The van der Waals surface area contributed by atoms with E-state index in [0.717, 1.165) is 0 Å². The molecule has 0 aliphatic carbocycles. The van der Waals surface area contributed by atoms with Crippen LogP contribution in [0.15, 0.2) is 52.0 Å². The minimum Gasteiger partial charge on any atom is -0.467 e. The molecule has 3 heterocycles. The normalized spacial score (nSPS) is 10.7. The van der Waals surface area contributed by atoms with E-state index < -0.39 is 0 Å². The van der Waals surface area contributed by atoms with Crippen LogP contribution >= 0.6 is 0 Å². The maximum atomic E-state index is 12.6. The topological polar surface area (TPSA) is 92.1 Å². The van der Waals surface area contributed by atoms with Crippen LogP contribution < -0.4 is 5.56 Å². The van der Waals surface area contributed by atoms with Gasteiger partial charge in [0.05, 0.1) is 19.2 Å². The monoisotopic (exact) mass is 352 g/mol. The highest BCUT2D eigenvalue weighted by Gasteiger charge is 2.18. The molecule has 0 aromatic carbocycles. The third kappa shape index (κ3) is 3.88. The zero-order valence-electron chi connectivity index (χ0n) is 14.7. The van der Waals surface area contributed by atoms with Crippen molar-refractivity contribution in [1.82, 2.24) is 19.9 Å². The average Bonchev–Trinajstić information content (AvgIpc) is 3.16.